The third-order valence-electron chi connectivity index (χ3n) is 6.17. The van der Waals surface area contributed by atoms with Gasteiger partial charge in [-0.05, 0) is 44.7 Å². The zero-order valence-electron chi connectivity index (χ0n) is 15.5. The fraction of sp³-hybridized carbons (Fsp3) is 0.650. The Bertz CT molecular complexity index is 840. The van der Waals surface area contributed by atoms with E-state index in [4.69, 9.17) is 4.98 Å². The predicted octanol–water partition coefficient (Wildman–Crippen LogP) is 2.64. The van der Waals surface area contributed by atoms with E-state index >= 15 is 0 Å². The molecule has 3 aliphatic rings. The Morgan fingerprint density at radius 3 is 2.92 bits per heavy atom. The van der Waals surface area contributed by atoms with Crippen LogP contribution >= 0.6 is 0 Å². The second kappa shape index (κ2) is 6.34. The van der Waals surface area contributed by atoms with Crippen molar-refractivity contribution in [2.24, 2.45) is 0 Å². The molecule has 0 unspecified atom stereocenters. The molecule has 1 atom stereocenters. The fourth-order valence-electron chi connectivity index (χ4n) is 4.55. The standard InChI is InChI=1S/C20H27N5O/c1-2-7-25-19-17(12-21-25)16(11-18(22-19)14-5-6-14)20(26)24-10-9-23-8-3-4-15(23)13-24/h11-12,14-15H,2-10,13H2,1H3/t15-/m1/s1. The Labute approximate surface area is 154 Å². The summed E-state index contributed by atoms with van der Waals surface area (Å²) in [7, 11) is 0. The van der Waals surface area contributed by atoms with E-state index in [9.17, 15) is 4.79 Å². The summed E-state index contributed by atoms with van der Waals surface area (Å²) in [5.41, 5.74) is 2.78. The molecule has 6 heteroatoms. The Morgan fingerprint density at radius 1 is 1.23 bits per heavy atom. The average molecular weight is 353 g/mol. The predicted molar refractivity (Wildman–Crippen MR) is 100 cm³/mol. The minimum Gasteiger partial charge on any atom is -0.336 e. The molecule has 5 rings (SSSR count). The Morgan fingerprint density at radius 2 is 2.12 bits per heavy atom. The molecule has 26 heavy (non-hydrogen) atoms. The molecule has 6 nitrogen and oxygen atoms in total. The first kappa shape index (κ1) is 16.2. The molecule has 138 valence electrons. The van der Waals surface area contributed by atoms with Crippen LogP contribution in [-0.4, -0.2) is 62.7 Å². The van der Waals surface area contributed by atoms with Gasteiger partial charge in [0.05, 0.1) is 17.1 Å². The smallest absolute Gasteiger partial charge is 0.254 e. The molecule has 4 heterocycles. The van der Waals surface area contributed by atoms with Crippen molar-refractivity contribution in [1.82, 2.24) is 24.6 Å². The van der Waals surface area contributed by atoms with E-state index in [1.165, 1.54) is 32.2 Å². The van der Waals surface area contributed by atoms with Gasteiger partial charge < -0.3 is 4.90 Å². The molecule has 3 fully saturated rings. The van der Waals surface area contributed by atoms with Gasteiger partial charge in [-0.1, -0.05) is 6.92 Å². The summed E-state index contributed by atoms with van der Waals surface area (Å²) in [6.07, 6.45) is 7.72. The van der Waals surface area contributed by atoms with Gasteiger partial charge in [-0.25, -0.2) is 9.67 Å². The second-order valence-electron chi connectivity index (χ2n) is 8.06. The summed E-state index contributed by atoms with van der Waals surface area (Å²) >= 11 is 0. The van der Waals surface area contributed by atoms with Crippen molar-refractivity contribution in [2.45, 2.75) is 57.5 Å². The summed E-state index contributed by atoms with van der Waals surface area (Å²) < 4.78 is 1.97. The SMILES string of the molecule is CCCn1ncc2c(C(=O)N3CCN4CCC[C@@H]4C3)cc(C3CC3)nc21. The summed E-state index contributed by atoms with van der Waals surface area (Å²) in [4.78, 5) is 22.9. The summed E-state index contributed by atoms with van der Waals surface area (Å²) in [6, 6.07) is 2.61. The minimum absolute atomic E-state index is 0.168. The lowest BCUT2D eigenvalue weighted by molar-refractivity contribution is 0.0573. The molecular weight excluding hydrogens is 326 g/mol. The van der Waals surface area contributed by atoms with E-state index < -0.39 is 0 Å². The summed E-state index contributed by atoms with van der Waals surface area (Å²) in [6.45, 7) is 6.90. The van der Waals surface area contributed by atoms with Gasteiger partial charge in [0.2, 0.25) is 0 Å². The third kappa shape index (κ3) is 2.71. The number of nitrogens with zero attached hydrogens (tertiary/aromatic N) is 5. The van der Waals surface area contributed by atoms with Crippen LogP contribution in [0.1, 0.15) is 61.0 Å². The first-order chi connectivity index (χ1) is 12.7. The van der Waals surface area contributed by atoms with Crippen molar-refractivity contribution in [2.75, 3.05) is 26.2 Å². The number of pyridine rings is 1. The number of rotatable bonds is 4. The normalized spacial score (nSPS) is 23.6. The maximum absolute atomic E-state index is 13.4. The first-order valence-electron chi connectivity index (χ1n) is 10.1. The zero-order chi connectivity index (χ0) is 17.7. The number of aromatic nitrogens is 3. The van der Waals surface area contributed by atoms with Crippen molar-refractivity contribution in [1.29, 1.82) is 0 Å². The van der Waals surface area contributed by atoms with Crippen molar-refractivity contribution >= 4 is 16.9 Å². The van der Waals surface area contributed by atoms with Gasteiger partial charge in [0.15, 0.2) is 5.65 Å². The topological polar surface area (TPSA) is 54.3 Å². The van der Waals surface area contributed by atoms with E-state index in [0.717, 1.165) is 54.9 Å². The molecule has 1 amide bonds. The average Bonchev–Trinajstić information content (AvgIpc) is 3.28. The number of piperazine rings is 1. The van der Waals surface area contributed by atoms with Crippen LogP contribution in [0.4, 0.5) is 0 Å². The van der Waals surface area contributed by atoms with Gasteiger partial charge in [0.1, 0.15) is 0 Å². The molecule has 0 radical (unpaired) electrons. The van der Waals surface area contributed by atoms with Crippen LogP contribution in [0, 0.1) is 0 Å². The highest BCUT2D eigenvalue weighted by atomic mass is 16.2. The van der Waals surface area contributed by atoms with Crippen molar-refractivity contribution in [3.05, 3.63) is 23.5 Å². The number of fused-ring (bicyclic) bond motifs is 2. The fourth-order valence-corrected chi connectivity index (χ4v) is 4.55. The Kier molecular flexibility index (Phi) is 3.96. The van der Waals surface area contributed by atoms with E-state index in [1.807, 2.05) is 10.9 Å². The molecule has 1 saturated carbocycles. The molecule has 1 aliphatic carbocycles. The Hall–Kier alpha value is -1.95. The van der Waals surface area contributed by atoms with Crippen LogP contribution in [0.5, 0.6) is 0 Å². The lowest BCUT2D eigenvalue weighted by Gasteiger charge is -2.37. The maximum atomic E-state index is 13.4. The monoisotopic (exact) mass is 353 g/mol. The van der Waals surface area contributed by atoms with Gasteiger partial charge in [-0.2, -0.15) is 5.10 Å². The van der Waals surface area contributed by atoms with E-state index in [1.54, 1.807) is 0 Å². The van der Waals surface area contributed by atoms with Gasteiger partial charge in [-0.3, -0.25) is 9.69 Å². The number of hydrogen-bond acceptors (Lipinski definition) is 4. The summed E-state index contributed by atoms with van der Waals surface area (Å²) in [5.74, 6) is 0.699. The molecule has 0 N–H and O–H groups in total. The maximum Gasteiger partial charge on any atom is 0.254 e. The largest absolute Gasteiger partial charge is 0.336 e. The van der Waals surface area contributed by atoms with E-state index in [2.05, 4.69) is 27.9 Å². The molecule has 0 spiro atoms. The van der Waals surface area contributed by atoms with Crippen LogP contribution in [0.2, 0.25) is 0 Å². The molecular formula is C20H27N5O. The molecule has 2 aromatic heterocycles. The van der Waals surface area contributed by atoms with Crippen LogP contribution in [-0.2, 0) is 6.54 Å². The highest BCUT2D eigenvalue weighted by Gasteiger charge is 2.34. The Balaban J connectivity index is 1.51. The first-order valence-corrected chi connectivity index (χ1v) is 10.1. The molecule has 0 bridgehead atoms. The lowest BCUT2D eigenvalue weighted by atomic mass is 10.1. The minimum atomic E-state index is 0.168. The van der Waals surface area contributed by atoms with Crippen molar-refractivity contribution < 1.29 is 4.79 Å². The van der Waals surface area contributed by atoms with Crippen LogP contribution < -0.4 is 0 Å². The van der Waals surface area contributed by atoms with Crippen molar-refractivity contribution in [3.63, 3.8) is 0 Å². The lowest BCUT2D eigenvalue weighted by Crippen LogP contribution is -2.52. The van der Waals surface area contributed by atoms with Crippen LogP contribution in [0.25, 0.3) is 11.0 Å². The van der Waals surface area contributed by atoms with Crippen LogP contribution in [0.3, 0.4) is 0 Å². The highest BCUT2D eigenvalue weighted by molar-refractivity contribution is 6.05. The van der Waals surface area contributed by atoms with Gasteiger partial charge in [-0.15, -0.1) is 0 Å². The number of hydrogen-bond donors (Lipinski definition) is 0. The van der Waals surface area contributed by atoms with Gasteiger partial charge in [0, 0.05) is 43.8 Å². The highest BCUT2D eigenvalue weighted by Crippen LogP contribution is 2.40. The zero-order valence-corrected chi connectivity index (χ0v) is 15.5. The summed E-state index contributed by atoms with van der Waals surface area (Å²) in [5, 5.41) is 5.44. The number of carbonyl (C=O) groups is 1. The van der Waals surface area contributed by atoms with Gasteiger partial charge >= 0.3 is 0 Å². The number of carbonyl (C=O) groups excluding carboxylic acids is 1. The third-order valence-corrected chi connectivity index (χ3v) is 6.17. The van der Waals surface area contributed by atoms with Gasteiger partial charge in [0.25, 0.3) is 5.91 Å². The van der Waals surface area contributed by atoms with Crippen LogP contribution in [0.15, 0.2) is 12.3 Å². The molecule has 2 aliphatic heterocycles. The molecule has 2 saturated heterocycles. The number of aryl methyl sites for hydroxylation is 1. The van der Waals surface area contributed by atoms with Crippen molar-refractivity contribution in [3.8, 4) is 0 Å². The molecule has 2 aromatic rings. The van der Waals surface area contributed by atoms with E-state index in [0.29, 0.717) is 12.0 Å². The second-order valence-corrected chi connectivity index (χ2v) is 8.06. The number of amides is 1. The quantitative estimate of drug-likeness (QED) is 0.848. The molecule has 0 aromatic carbocycles. The van der Waals surface area contributed by atoms with E-state index in [-0.39, 0.29) is 5.91 Å².